The fraction of sp³-hybridized carbons (Fsp3) is 0.417. The Morgan fingerprint density at radius 3 is 2.06 bits per heavy atom. The van der Waals surface area contributed by atoms with Gasteiger partial charge in [0.15, 0.2) is 17.3 Å². The molecule has 0 heterocycles. The van der Waals surface area contributed by atoms with Crippen molar-refractivity contribution in [3.63, 3.8) is 0 Å². The van der Waals surface area contributed by atoms with Gasteiger partial charge in [-0.25, -0.2) is 0 Å². The first-order valence-corrected chi connectivity index (χ1v) is 11.9. The maximum atomic E-state index is 13.0. The lowest BCUT2D eigenvalue weighted by atomic mass is 10.2. The minimum absolute atomic E-state index is 0.151. The van der Waals surface area contributed by atoms with Gasteiger partial charge in [0.05, 0.1) is 42.2 Å². The molecular formula is C24H29Cl2N3O6. The van der Waals surface area contributed by atoms with Crippen LogP contribution in [0.15, 0.2) is 34.5 Å². The van der Waals surface area contributed by atoms with Gasteiger partial charge in [0, 0.05) is 6.07 Å². The van der Waals surface area contributed by atoms with Crippen LogP contribution in [0.25, 0.3) is 0 Å². The Balaban J connectivity index is 2.40. The van der Waals surface area contributed by atoms with Crippen molar-refractivity contribution < 1.29 is 28.5 Å². The molecule has 2 rings (SSSR count). The number of hydrogen-bond acceptors (Lipinski definition) is 8. The van der Waals surface area contributed by atoms with Gasteiger partial charge in [-0.2, -0.15) is 5.11 Å². The quantitative estimate of drug-likeness (QED) is 0.244. The van der Waals surface area contributed by atoms with Gasteiger partial charge in [-0.3, -0.25) is 9.59 Å². The highest BCUT2D eigenvalue weighted by Gasteiger charge is 2.26. The third-order valence-electron chi connectivity index (χ3n) is 4.43. The molecule has 9 nitrogen and oxygen atoms in total. The zero-order valence-corrected chi connectivity index (χ0v) is 21.8. The number of rotatable bonds is 13. The summed E-state index contributed by atoms with van der Waals surface area (Å²) < 4.78 is 22.3. The van der Waals surface area contributed by atoms with Crippen LogP contribution < -0.4 is 24.3 Å². The normalized spacial score (nSPS) is 11.7. The van der Waals surface area contributed by atoms with E-state index in [-0.39, 0.29) is 27.2 Å². The molecule has 0 aliphatic rings. The lowest BCUT2D eigenvalue weighted by Crippen LogP contribution is -2.32. The van der Waals surface area contributed by atoms with Crippen LogP contribution in [-0.4, -0.2) is 44.2 Å². The number of benzene rings is 2. The fourth-order valence-corrected chi connectivity index (χ4v) is 3.39. The number of carbonyl (C=O) groups is 2. The van der Waals surface area contributed by atoms with Gasteiger partial charge in [-0.05, 0) is 52.8 Å². The molecule has 0 spiro atoms. The molecule has 11 heteroatoms. The maximum absolute atomic E-state index is 13.0. The molecule has 0 radical (unpaired) electrons. The first kappa shape index (κ1) is 28.2. The molecule has 0 fully saturated rings. The summed E-state index contributed by atoms with van der Waals surface area (Å²) in [6, 6.07) is 4.82. The second kappa shape index (κ2) is 13.7. The van der Waals surface area contributed by atoms with Crippen molar-refractivity contribution in [3.8, 4) is 23.0 Å². The third-order valence-corrected chi connectivity index (χ3v) is 5.03. The second-order valence-electron chi connectivity index (χ2n) is 6.95. The summed E-state index contributed by atoms with van der Waals surface area (Å²) in [4.78, 5) is 25.3. The SMILES string of the molecule is CCOc1cc(OCC)c(NC(=O)C(N=Nc2c(Cl)ccc(OCC)c2OCC)C(C)=O)cc1Cl. The first-order chi connectivity index (χ1) is 16.8. The molecule has 0 aromatic heterocycles. The summed E-state index contributed by atoms with van der Waals surface area (Å²) in [5.74, 6) is 0.172. The molecule has 0 saturated heterocycles. The zero-order valence-electron chi connectivity index (χ0n) is 20.3. The van der Waals surface area contributed by atoms with E-state index in [2.05, 4.69) is 15.5 Å². The first-order valence-electron chi connectivity index (χ1n) is 11.2. The Labute approximate surface area is 214 Å². The molecule has 2 aromatic carbocycles. The van der Waals surface area contributed by atoms with E-state index in [9.17, 15) is 9.59 Å². The molecule has 35 heavy (non-hydrogen) atoms. The summed E-state index contributed by atoms with van der Waals surface area (Å²) >= 11 is 12.6. The van der Waals surface area contributed by atoms with Crippen molar-refractivity contribution >= 4 is 46.3 Å². The molecule has 190 valence electrons. The number of azo groups is 1. The standard InChI is InChI=1S/C24H29Cl2N3O6/c1-6-32-18-11-10-15(25)22(23(18)35-9-4)29-28-21(14(5)30)24(31)27-17-12-16(26)19(33-7-2)13-20(17)34-8-3/h10-13,21H,6-9H2,1-5H3,(H,27,31). The summed E-state index contributed by atoms with van der Waals surface area (Å²) in [5, 5.41) is 11.2. The number of ether oxygens (including phenoxy) is 4. The largest absolute Gasteiger partial charge is 0.492 e. The Bertz CT molecular complexity index is 1080. The van der Waals surface area contributed by atoms with Gasteiger partial charge >= 0.3 is 0 Å². The van der Waals surface area contributed by atoms with Crippen LogP contribution >= 0.6 is 23.2 Å². The fourth-order valence-electron chi connectivity index (χ4n) is 2.98. The minimum Gasteiger partial charge on any atom is -0.492 e. The van der Waals surface area contributed by atoms with Gasteiger partial charge in [0.2, 0.25) is 6.04 Å². The average Bonchev–Trinajstić information content (AvgIpc) is 2.80. The van der Waals surface area contributed by atoms with E-state index in [0.29, 0.717) is 43.7 Å². The molecule has 1 unspecified atom stereocenters. The summed E-state index contributed by atoms with van der Waals surface area (Å²) in [6.45, 7) is 9.92. The van der Waals surface area contributed by atoms with Crippen LogP contribution in [0.4, 0.5) is 11.4 Å². The van der Waals surface area contributed by atoms with Gasteiger partial charge < -0.3 is 24.3 Å². The molecule has 0 bridgehead atoms. The van der Waals surface area contributed by atoms with Gasteiger partial charge in [-0.15, -0.1) is 5.11 Å². The summed E-state index contributed by atoms with van der Waals surface area (Å²) in [6.07, 6.45) is 0. The number of anilines is 1. The lowest BCUT2D eigenvalue weighted by molar-refractivity contribution is -0.126. The van der Waals surface area contributed by atoms with Crippen molar-refractivity contribution in [2.24, 2.45) is 10.2 Å². The number of hydrogen-bond donors (Lipinski definition) is 1. The van der Waals surface area contributed by atoms with Crippen molar-refractivity contribution in [2.75, 3.05) is 31.7 Å². The highest BCUT2D eigenvalue weighted by atomic mass is 35.5. The van der Waals surface area contributed by atoms with E-state index in [1.807, 2.05) is 13.8 Å². The Morgan fingerprint density at radius 1 is 0.857 bits per heavy atom. The van der Waals surface area contributed by atoms with E-state index < -0.39 is 17.7 Å². The Hall–Kier alpha value is -3.04. The lowest BCUT2D eigenvalue weighted by Gasteiger charge is -2.16. The number of Topliss-reactive ketones (excluding diaryl/α,β-unsaturated/α-hetero) is 1. The molecule has 0 saturated carbocycles. The number of ketones is 1. The van der Waals surface area contributed by atoms with Crippen LogP contribution in [0.2, 0.25) is 10.0 Å². The smallest absolute Gasteiger partial charge is 0.258 e. The van der Waals surface area contributed by atoms with Crippen molar-refractivity contribution in [3.05, 3.63) is 34.3 Å². The van der Waals surface area contributed by atoms with Crippen LogP contribution in [-0.2, 0) is 9.59 Å². The molecule has 1 amide bonds. The second-order valence-corrected chi connectivity index (χ2v) is 7.77. The topological polar surface area (TPSA) is 108 Å². The molecule has 1 N–H and O–H groups in total. The minimum atomic E-state index is -1.46. The predicted octanol–water partition coefficient (Wildman–Crippen LogP) is 6.27. The highest BCUT2D eigenvalue weighted by Crippen LogP contribution is 2.43. The number of amides is 1. The predicted molar refractivity (Wildman–Crippen MR) is 135 cm³/mol. The average molecular weight is 526 g/mol. The monoisotopic (exact) mass is 525 g/mol. The number of nitrogens with zero attached hydrogens (tertiary/aromatic N) is 2. The molecule has 0 aliphatic carbocycles. The molecule has 0 aliphatic heterocycles. The Kier molecular flexibility index (Phi) is 11.1. The number of nitrogens with one attached hydrogen (secondary N) is 1. The third kappa shape index (κ3) is 7.47. The number of carbonyl (C=O) groups excluding carboxylic acids is 2. The van der Waals surface area contributed by atoms with Crippen LogP contribution in [0.3, 0.4) is 0 Å². The van der Waals surface area contributed by atoms with E-state index in [4.69, 9.17) is 42.1 Å². The zero-order chi connectivity index (χ0) is 26.0. The van der Waals surface area contributed by atoms with E-state index in [0.717, 1.165) is 0 Å². The molecular weight excluding hydrogens is 497 g/mol. The Morgan fingerprint density at radius 2 is 1.46 bits per heavy atom. The van der Waals surface area contributed by atoms with Gasteiger partial charge in [-0.1, -0.05) is 23.2 Å². The maximum Gasteiger partial charge on any atom is 0.258 e. The van der Waals surface area contributed by atoms with Crippen molar-refractivity contribution in [1.82, 2.24) is 0 Å². The molecule has 2 aromatic rings. The van der Waals surface area contributed by atoms with Gasteiger partial charge in [0.25, 0.3) is 5.91 Å². The van der Waals surface area contributed by atoms with Crippen molar-refractivity contribution in [1.29, 1.82) is 0 Å². The van der Waals surface area contributed by atoms with E-state index >= 15 is 0 Å². The number of halogens is 2. The summed E-state index contributed by atoms with van der Waals surface area (Å²) in [7, 11) is 0. The molecule has 1 atom stereocenters. The van der Waals surface area contributed by atoms with E-state index in [1.165, 1.54) is 13.0 Å². The van der Waals surface area contributed by atoms with Crippen LogP contribution in [0, 0.1) is 0 Å². The van der Waals surface area contributed by atoms with Gasteiger partial charge in [0.1, 0.15) is 17.2 Å². The summed E-state index contributed by atoms with van der Waals surface area (Å²) in [5.41, 5.74) is 0.413. The van der Waals surface area contributed by atoms with Crippen LogP contribution in [0.1, 0.15) is 34.6 Å². The van der Waals surface area contributed by atoms with Crippen molar-refractivity contribution in [2.45, 2.75) is 40.7 Å². The highest BCUT2D eigenvalue weighted by molar-refractivity contribution is 6.33. The van der Waals surface area contributed by atoms with Crippen LogP contribution in [0.5, 0.6) is 23.0 Å². The van der Waals surface area contributed by atoms with E-state index in [1.54, 1.807) is 32.0 Å².